The van der Waals surface area contributed by atoms with Gasteiger partial charge < -0.3 is 10.1 Å². The van der Waals surface area contributed by atoms with Crippen molar-refractivity contribution in [3.05, 3.63) is 38.3 Å². The smallest absolute Gasteiger partial charge is 0.283 e. The highest BCUT2D eigenvalue weighted by Crippen LogP contribution is 2.25. The molecule has 1 aromatic rings. The number of rotatable bonds is 6. The molecule has 0 bridgehead atoms. The molecule has 0 aromatic heterocycles. The van der Waals surface area contributed by atoms with E-state index in [9.17, 15) is 10.1 Å². The largest absolute Gasteiger partial charge is 0.380 e. The van der Waals surface area contributed by atoms with Crippen LogP contribution < -0.4 is 5.32 Å². The number of nitrogens with zero attached hydrogens (tertiary/aromatic N) is 1. The monoisotopic (exact) mass is 302 g/mol. The summed E-state index contributed by atoms with van der Waals surface area (Å²) in [5.41, 5.74) is 0.965. The van der Waals surface area contributed by atoms with Crippen LogP contribution in [0.1, 0.15) is 12.5 Å². The molecular formula is C11H15BrN2O3. The molecule has 1 N–H and O–H groups in total. The van der Waals surface area contributed by atoms with Crippen LogP contribution in [0.2, 0.25) is 0 Å². The zero-order valence-electron chi connectivity index (χ0n) is 9.77. The summed E-state index contributed by atoms with van der Waals surface area (Å²) in [5, 5.41) is 13.9. The Hall–Kier alpha value is -0.980. The van der Waals surface area contributed by atoms with E-state index in [-0.39, 0.29) is 11.8 Å². The van der Waals surface area contributed by atoms with E-state index in [4.69, 9.17) is 4.74 Å². The van der Waals surface area contributed by atoms with E-state index in [1.54, 1.807) is 19.2 Å². The highest BCUT2D eigenvalue weighted by Gasteiger charge is 2.12. The Morgan fingerprint density at radius 3 is 2.88 bits per heavy atom. The molecule has 1 rings (SSSR count). The molecule has 0 saturated carbocycles. The summed E-state index contributed by atoms with van der Waals surface area (Å²) >= 11 is 3.15. The molecular weight excluding hydrogens is 288 g/mol. The molecule has 1 atom stereocenters. The second kappa shape index (κ2) is 6.68. The van der Waals surface area contributed by atoms with Gasteiger partial charge in [-0.05, 0) is 34.5 Å². The fourth-order valence-corrected chi connectivity index (χ4v) is 1.70. The fraction of sp³-hybridized carbons (Fsp3) is 0.455. The van der Waals surface area contributed by atoms with Crippen LogP contribution >= 0.6 is 15.9 Å². The topological polar surface area (TPSA) is 64.4 Å². The minimum absolute atomic E-state index is 0.0871. The van der Waals surface area contributed by atoms with Gasteiger partial charge in [-0.1, -0.05) is 6.07 Å². The number of hydrogen-bond acceptors (Lipinski definition) is 4. The predicted molar refractivity (Wildman–Crippen MR) is 69.0 cm³/mol. The molecule has 1 aromatic carbocycles. The summed E-state index contributed by atoms with van der Waals surface area (Å²) in [5.74, 6) is 0. The van der Waals surface area contributed by atoms with E-state index in [2.05, 4.69) is 21.2 Å². The zero-order chi connectivity index (χ0) is 12.8. The van der Waals surface area contributed by atoms with Gasteiger partial charge in [-0.15, -0.1) is 0 Å². The summed E-state index contributed by atoms with van der Waals surface area (Å²) in [6.07, 6.45) is 0.125. The molecule has 0 aliphatic rings. The van der Waals surface area contributed by atoms with Crippen LogP contribution in [0.3, 0.4) is 0 Å². The molecule has 0 amide bonds. The van der Waals surface area contributed by atoms with Gasteiger partial charge in [0.15, 0.2) is 0 Å². The molecule has 0 spiro atoms. The molecule has 0 heterocycles. The molecule has 0 saturated heterocycles. The lowest BCUT2D eigenvalue weighted by molar-refractivity contribution is -0.385. The fourth-order valence-electron chi connectivity index (χ4n) is 1.31. The molecule has 0 aliphatic heterocycles. The summed E-state index contributed by atoms with van der Waals surface area (Å²) in [6, 6.07) is 5.10. The molecule has 94 valence electrons. The number of ether oxygens (including phenoxy) is 1. The number of benzene rings is 1. The average molecular weight is 303 g/mol. The van der Waals surface area contributed by atoms with Gasteiger partial charge in [-0.2, -0.15) is 0 Å². The van der Waals surface area contributed by atoms with Gasteiger partial charge in [0, 0.05) is 26.3 Å². The maximum Gasteiger partial charge on any atom is 0.283 e. The van der Waals surface area contributed by atoms with Crippen LogP contribution in [0.15, 0.2) is 22.7 Å². The third kappa shape index (κ3) is 4.41. The van der Waals surface area contributed by atoms with Crippen LogP contribution in [0.5, 0.6) is 0 Å². The van der Waals surface area contributed by atoms with Crippen molar-refractivity contribution >= 4 is 21.6 Å². The highest BCUT2D eigenvalue weighted by atomic mass is 79.9. The second-order valence-corrected chi connectivity index (χ2v) is 4.57. The van der Waals surface area contributed by atoms with E-state index in [1.807, 2.05) is 13.0 Å². The first-order chi connectivity index (χ1) is 8.04. The molecule has 6 heteroatoms. The van der Waals surface area contributed by atoms with Crippen LogP contribution in [0.25, 0.3) is 0 Å². The first kappa shape index (κ1) is 14.1. The Bertz CT molecular complexity index is 398. The standard InChI is InChI=1S/C11H15BrN2O3/c1-8(17-2)6-13-7-9-3-4-10(12)11(5-9)14(15)16/h3-5,8,13H,6-7H2,1-2H3. The first-order valence-electron chi connectivity index (χ1n) is 5.21. The van der Waals surface area contributed by atoms with Gasteiger partial charge in [0.2, 0.25) is 0 Å². The Kier molecular flexibility index (Phi) is 5.54. The van der Waals surface area contributed by atoms with Crippen molar-refractivity contribution in [2.75, 3.05) is 13.7 Å². The normalized spacial score (nSPS) is 12.4. The maximum absolute atomic E-state index is 10.7. The quantitative estimate of drug-likeness (QED) is 0.648. The number of nitrogens with one attached hydrogen (secondary N) is 1. The van der Waals surface area contributed by atoms with E-state index in [0.29, 0.717) is 17.6 Å². The van der Waals surface area contributed by atoms with Crippen molar-refractivity contribution in [2.45, 2.75) is 19.6 Å². The number of methoxy groups -OCH3 is 1. The molecule has 17 heavy (non-hydrogen) atoms. The first-order valence-corrected chi connectivity index (χ1v) is 6.00. The number of halogens is 1. The van der Waals surface area contributed by atoms with Crippen LogP contribution in [-0.2, 0) is 11.3 Å². The molecule has 5 nitrogen and oxygen atoms in total. The summed E-state index contributed by atoms with van der Waals surface area (Å²) in [6.45, 7) is 3.25. The van der Waals surface area contributed by atoms with E-state index < -0.39 is 4.92 Å². The summed E-state index contributed by atoms with van der Waals surface area (Å²) in [7, 11) is 1.65. The third-order valence-electron chi connectivity index (χ3n) is 2.37. The summed E-state index contributed by atoms with van der Waals surface area (Å²) in [4.78, 5) is 10.3. The van der Waals surface area contributed by atoms with Crippen molar-refractivity contribution in [3.63, 3.8) is 0 Å². The van der Waals surface area contributed by atoms with E-state index in [1.165, 1.54) is 0 Å². The van der Waals surface area contributed by atoms with Crippen LogP contribution in [0, 0.1) is 10.1 Å². The van der Waals surface area contributed by atoms with Crippen LogP contribution in [-0.4, -0.2) is 24.7 Å². The van der Waals surface area contributed by atoms with Crippen LogP contribution in [0.4, 0.5) is 5.69 Å². The van der Waals surface area contributed by atoms with Crippen molar-refractivity contribution in [3.8, 4) is 0 Å². The number of nitro benzene ring substituents is 1. The third-order valence-corrected chi connectivity index (χ3v) is 3.04. The van der Waals surface area contributed by atoms with Gasteiger partial charge in [-0.25, -0.2) is 0 Å². The van der Waals surface area contributed by atoms with Gasteiger partial charge in [0.1, 0.15) is 0 Å². The molecule has 0 fully saturated rings. The number of nitro groups is 1. The Morgan fingerprint density at radius 2 is 2.29 bits per heavy atom. The highest BCUT2D eigenvalue weighted by molar-refractivity contribution is 9.10. The summed E-state index contributed by atoms with van der Waals surface area (Å²) < 4.78 is 5.59. The van der Waals surface area contributed by atoms with Crippen molar-refractivity contribution in [2.24, 2.45) is 0 Å². The van der Waals surface area contributed by atoms with Crippen molar-refractivity contribution in [1.29, 1.82) is 0 Å². The second-order valence-electron chi connectivity index (χ2n) is 3.72. The number of hydrogen-bond donors (Lipinski definition) is 1. The lowest BCUT2D eigenvalue weighted by atomic mass is 10.2. The maximum atomic E-state index is 10.7. The predicted octanol–water partition coefficient (Wildman–Crippen LogP) is 2.48. The van der Waals surface area contributed by atoms with E-state index >= 15 is 0 Å². The zero-order valence-corrected chi connectivity index (χ0v) is 11.4. The average Bonchev–Trinajstić information content (AvgIpc) is 2.30. The van der Waals surface area contributed by atoms with Gasteiger partial charge in [0.25, 0.3) is 5.69 Å². The lowest BCUT2D eigenvalue weighted by Crippen LogP contribution is -2.25. The van der Waals surface area contributed by atoms with Gasteiger partial charge in [-0.3, -0.25) is 10.1 Å². The molecule has 0 radical (unpaired) electrons. The Balaban J connectivity index is 2.60. The lowest BCUT2D eigenvalue weighted by Gasteiger charge is -2.10. The van der Waals surface area contributed by atoms with Crippen molar-refractivity contribution < 1.29 is 9.66 Å². The Labute approximate surface area is 108 Å². The molecule has 0 aliphatic carbocycles. The van der Waals surface area contributed by atoms with Gasteiger partial charge in [0.05, 0.1) is 15.5 Å². The van der Waals surface area contributed by atoms with E-state index in [0.717, 1.165) is 5.56 Å². The Morgan fingerprint density at radius 1 is 1.59 bits per heavy atom. The van der Waals surface area contributed by atoms with Crippen molar-refractivity contribution in [1.82, 2.24) is 5.32 Å². The SMILES string of the molecule is COC(C)CNCc1ccc(Br)c([N+](=O)[O-])c1. The molecule has 1 unspecified atom stereocenters. The minimum atomic E-state index is -0.397. The minimum Gasteiger partial charge on any atom is -0.380 e. The van der Waals surface area contributed by atoms with Gasteiger partial charge >= 0.3 is 0 Å².